The number of halogens is 4. The number of anilines is 1. The van der Waals surface area contributed by atoms with Crippen LogP contribution in [0.2, 0.25) is 0 Å². The predicted molar refractivity (Wildman–Crippen MR) is 138 cm³/mol. The number of thiocarbonyl (C=S) groups is 1. The molecule has 0 amide bonds. The van der Waals surface area contributed by atoms with Gasteiger partial charge in [0.05, 0.1) is 4.91 Å². The fourth-order valence-corrected chi connectivity index (χ4v) is 6.56. The molecule has 0 aromatic heterocycles. The van der Waals surface area contributed by atoms with Gasteiger partial charge < -0.3 is 10.0 Å². The highest BCUT2D eigenvalue weighted by Crippen LogP contribution is 2.39. The fraction of sp³-hybridized carbons (Fsp3) is 0.346. The third-order valence-electron chi connectivity index (χ3n) is 6.72. The summed E-state index contributed by atoms with van der Waals surface area (Å²) >= 11 is 5.29. The number of aliphatic hydroxyl groups is 1. The summed E-state index contributed by atoms with van der Waals surface area (Å²) in [4.78, 5) is 2.36. The molecule has 1 saturated heterocycles. The minimum Gasteiger partial charge on any atom is -0.376 e. The summed E-state index contributed by atoms with van der Waals surface area (Å²) < 4.78 is 81.5. The maximum Gasteiger partial charge on any atom is 0.421 e. The standard InChI is InChI=1S/C26H26F4N2O3S2/c1-25(33,26(28,29)30)19-8-12-21(13-9-19)32-15-14-31(37(34,35)24-5-3-2-4-23(24)36)17-22(32)16-18-6-10-20(27)11-7-18/h2-3,5-13,22,33H,4,14-17H2,1H3/t22-,25?/m0/s1. The quantitative estimate of drug-likeness (QED) is 0.408. The van der Waals surface area contributed by atoms with Gasteiger partial charge in [-0.1, -0.05) is 48.6 Å². The lowest BCUT2D eigenvalue weighted by Crippen LogP contribution is -2.56. The van der Waals surface area contributed by atoms with Crippen molar-refractivity contribution >= 4 is 32.8 Å². The highest BCUT2D eigenvalue weighted by Gasteiger charge is 2.51. The van der Waals surface area contributed by atoms with Gasteiger partial charge in [0.2, 0.25) is 10.0 Å². The van der Waals surface area contributed by atoms with E-state index in [1.165, 1.54) is 46.8 Å². The van der Waals surface area contributed by atoms with Gasteiger partial charge in [0.25, 0.3) is 0 Å². The average molecular weight is 555 g/mol. The lowest BCUT2D eigenvalue weighted by Gasteiger charge is -2.43. The maximum atomic E-state index is 13.5. The molecule has 2 aliphatic rings. The molecular formula is C26H26F4N2O3S2. The monoisotopic (exact) mass is 554 g/mol. The van der Waals surface area contributed by atoms with Gasteiger partial charge in [-0.3, -0.25) is 0 Å². The van der Waals surface area contributed by atoms with Gasteiger partial charge in [0.1, 0.15) is 5.82 Å². The molecular weight excluding hydrogens is 528 g/mol. The summed E-state index contributed by atoms with van der Waals surface area (Å²) in [7, 11) is -3.86. The molecule has 2 aromatic rings. The van der Waals surface area contributed by atoms with Gasteiger partial charge in [-0.05, 0) is 54.8 Å². The molecule has 1 fully saturated rings. The lowest BCUT2D eigenvalue weighted by atomic mass is 9.94. The van der Waals surface area contributed by atoms with Crippen LogP contribution in [-0.2, 0) is 22.0 Å². The molecule has 1 aliphatic heterocycles. The van der Waals surface area contributed by atoms with E-state index in [4.69, 9.17) is 12.2 Å². The number of benzene rings is 2. The summed E-state index contributed by atoms with van der Waals surface area (Å²) in [5.74, 6) is -0.397. The summed E-state index contributed by atoms with van der Waals surface area (Å²) in [5.41, 5.74) is -1.94. The number of alkyl halides is 3. The van der Waals surface area contributed by atoms with Crippen LogP contribution in [0.5, 0.6) is 0 Å². The third kappa shape index (κ3) is 5.64. The first-order chi connectivity index (χ1) is 17.3. The molecule has 198 valence electrons. The number of hydrogen-bond donors (Lipinski definition) is 1. The average Bonchev–Trinajstić information content (AvgIpc) is 2.85. The Bertz CT molecular complexity index is 1320. The molecule has 2 atom stereocenters. The van der Waals surface area contributed by atoms with E-state index in [0.717, 1.165) is 5.56 Å². The Morgan fingerprint density at radius 3 is 2.30 bits per heavy atom. The van der Waals surface area contributed by atoms with Crippen molar-refractivity contribution < 1.29 is 31.1 Å². The lowest BCUT2D eigenvalue weighted by molar-refractivity contribution is -0.258. The summed E-state index contributed by atoms with van der Waals surface area (Å²) in [5, 5.41) is 10.00. The molecule has 5 nitrogen and oxygen atoms in total. The molecule has 37 heavy (non-hydrogen) atoms. The van der Waals surface area contributed by atoms with E-state index in [2.05, 4.69) is 0 Å². The van der Waals surface area contributed by atoms with Crippen LogP contribution in [0.25, 0.3) is 0 Å². The Balaban J connectivity index is 1.64. The van der Waals surface area contributed by atoms with E-state index < -0.39 is 33.7 Å². The predicted octanol–water partition coefficient (Wildman–Crippen LogP) is 4.87. The highest BCUT2D eigenvalue weighted by molar-refractivity contribution is 7.96. The van der Waals surface area contributed by atoms with E-state index in [1.807, 2.05) is 4.90 Å². The van der Waals surface area contributed by atoms with E-state index in [9.17, 15) is 31.1 Å². The van der Waals surface area contributed by atoms with Crippen LogP contribution in [0.1, 0.15) is 24.5 Å². The van der Waals surface area contributed by atoms with Crippen molar-refractivity contribution in [3.05, 3.63) is 88.6 Å². The van der Waals surface area contributed by atoms with Gasteiger partial charge in [-0.2, -0.15) is 17.5 Å². The van der Waals surface area contributed by atoms with Crippen LogP contribution in [0.15, 0.2) is 71.7 Å². The number of nitrogens with zero attached hydrogens (tertiary/aromatic N) is 2. The van der Waals surface area contributed by atoms with Crippen LogP contribution in [-0.4, -0.2) is 54.5 Å². The first kappa shape index (κ1) is 27.4. The number of hydrogen-bond acceptors (Lipinski definition) is 5. The van der Waals surface area contributed by atoms with Crippen LogP contribution < -0.4 is 4.90 Å². The Morgan fingerprint density at radius 2 is 1.70 bits per heavy atom. The van der Waals surface area contributed by atoms with Crippen molar-refractivity contribution in [2.24, 2.45) is 0 Å². The van der Waals surface area contributed by atoms with Gasteiger partial charge >= 0.3 is 6.18 Å². The highest BCUT2D eigenvalue weighted by atomic mass is 32.2. The topological polar surface area (TPSA) is 60.9 Å². The van der Waals surface area contributed by atoms with Gasteiger partial charge in [0, 0.05) is 42.6 Å². The van der Waals surface area contributed by atoms with Crippen molar-refractivity contribution in [1.29, 1.82) is 0 Å². The molecule has 0 saturated carbocycles. The van der Waals surface area contributed by atoms with Crippen molar-refractivity contribution in [3.8, 4) is 0 Å². The van der Waals surface area contributed by atoms with Gasteiger partial charge in [-0.15, -0.1) is 0 Å². The van der Waals surface area contributed by atoms with Crippen LogP contribution in [0.4, 0.5) is 23.2 Å². The van der Waals surface area contributed by atoms with Crippen molar-refractivity contribution in [1.82, 2.24) is 4.31 Å². The van der Waals surface area contributed by atoms with Crippen molar-refractivity contribution in [2.75, 3.05) is 24.5 Å². The Kier molecular flexibility index (Phi) is 7.62. The van der Waals surface area contributed by atoms with Crippen LogP contribution >= 0.6 is 12.2 Å². The minimum atomic E-state index is -4.84. The molecule has 2 aromatic carbocycles. The van der Waals surface area contributed by atoms with Gasteiger partial charge in [-0.25, -0.2) is 12.8 Å². The smallest absolute Gasteiger partial charge is 0.376 e. The second-order valence-electron chi connectivity index (χ2n) is 9.24. The second kappa shape index (κ2) is 10.3. The summed E-state index contributed by atoms with van der Waals surface area (Å²) in [6.07, 6.45) is 0.838. The first-order valence-electron chi connectivity index (χ1n) is 11.6. The molecule has 0 bridgehead atoms. The zero-order valence-electron chi connectivity index (χ0n) is 20.0. The normalized spacial score (nSPS) is 21.0. The van der Waals surface area contributed by atoms with E-state index in [1.54, 1.807) is 24.3 Å². The van der Waals surface area contributed by atoms with Crippen molar-refractivity contribution in [2.45, 2.75) is 37.6 Å². The Morgan fingerprint density at radius 1 is 1.05 bits per heavy atom. The summed E-state index contributed by atoms with van der Waals surface area (Å²) in [6, 6.07) is 10.9. The molecule has 1 aliphatic carbocycles. The summed E-state index contributed by atoms with van der Waals surface area (Å²) in [6.45, 7) is 1.22. The maximum absolute atomic E-state index is 13.5. The molecule has 0 radical (unpaired) electrons. The van der Waals surface area contributed by atoms with Crippen molar-refractivity contribution in [3.63, 3.8) is 0 Å². The number of sulfonamides is 1. The molecule has 1 heterocycles. The third-order valence-corrected chi connectivity index (χ3v) is 9.19. The van der Waals surface area contributed by atoms with Gasteiger partial charge in [0.15, 0.2) is 5.60 Å². The molecule has 1 N–H and O–H groups in total. The second-order valence-corrected chi connectivity index (χ2v) is 11.6. The Hall–Kier alpha value is -2.60. The van der Waals surface area contributed by atoms with Crippen LogP contribution in [0.3, 0.4) is 0 Å². The molecule has 4 rings (SSSR count). The number of piperazine rings is 1. The number of rotatable bonds is 6. The SMILES string of the molecule is CC(O)(c1ccc(N2CCN(S(=O)(=O)C3=CC=CCC3=S)C[C@@H]2Cc2ccc(F)cc2)cc1)C(F)(F)F. The van der Waals surface area contributed by atoms with E-state index >= 15 is 0 Å². The number of allylic oxidation sites excluding steroid dienone is 4. The molecule has 11 heteroatoms. The van der Waals surface area contributed by atoms with Crippen LogP contribution in [0, 0.1) is 5.82 Å². The van der Waals surface area contributed by atoms with E-state index in [-0.39, 0.29) is 30.1 Å². The molecule has 1 unspecified atom stereocenters. The van der Waals surface area contributed by atoms with E-state index in [0.29, 0.717) is 30.3 Å². The largest absolute Gasteiger partial charge is 0.421 e. The fourth-order valence-electron chi connectivity index (χ4n) is 4.49. The zero-order valence-corrected chi connectivity index (χ0v) is 21.6. The zero-order chi connectivity index (χ0) is 27.0. The minimum absolute atomic E-state index is 0.0951. The first-order valence-corrected chi connectivity index (χ1v) is 13.5. The Labute approximate surface area is 218 Å². The molecule has 0 spiro atoms.